The topological polar surface area (TPSA) is 110 Å². The van der Waals surface area contributed by atoms with Gasteiger partial charge in [-0.15, -0.1) is 0 Å². The van der Waals surface area contributed by atoms with Crippen LogP contribution < -0.4 is 5.32 Å². The van der Waals surface area contributed by atoms with Crippen LogP contribution in [-0.4, -0.2) is 27.9 Å². The minimum Gasteiger partial charge on any atom is -0.480 e. The first-order valence-corrected chi connectivity index (χ1v) is 5.91. The van der Waals surface area contributed by atoms with E-state index in [-0.39, 0.29) is 11.3 Å². The third kappa shape index (κ3) is 3.53. The van der Waals surface area contributed by atoms with Crippen molar-refractivity contribution in [3.05, 3.63) is 39.9 Å². The highest BCUT2D eigenvalue weighted by atomic mass is 16.6. The Kier molecular flexibility index (Phi) is 4.44. The van der Waals surface area contributed by atoms with Crippen molar-refractivity contribution in [2.24, 2.45) is 5.41 Å². The first kappa shape index (κ1) is 15.6. The SMILES string of the molecule is CC(C)(C)[C@H](NC(=O)c1ccccc1[N+](=O)[O-])C(=O)O. The zero-order valence-electron chi connectivity index (χ0n) is 11.4. The number of nitrogens with one attached hydrogen (secondary N) is 1. The molecule has 0 radical (unpaired) electrons. The molecule has 108 valence electrons. The molecule has 1 aromatic carbocycles. The zero-order chi connectivity index (χ0) is 15.5. The second-order valence-electron chi connectivity index (χ2n) is 5.38. The Bertz CT molecular complexity index is 548. The number of carboxylic acids is 1. The Morgan fingerprint density at radius 2 is 1.85 bits per heavy atom. The maximum Gasteiger partial charge on any atom is 0.326 e. The van der Waals surface area contributed by atoms with Crippen LogP contribution in [0.5, 0.6) is 0 Å². The van der Waals surface area contributed by atoms with Gasteiger partial charge in [0, 0.05) is 6.07 Å². The first-order chi connectivity index (χ1) is 9.14. The minimum absolute atomic E-state index is 0.159. The number of carbonyl (C=O) groups excluding carboxylic acids is 1. The molecule has 1 amide bonds. The lowest BCUT2D eigenvalue weighted by Crippen LogP contribution is -2.49. The number of hydrogen-bond acceptors (Lipinski definition) is 4. The first-order valence-electron chi connectivity index (χ1n) is 5.91. The average molecular weight is 280 g/mol. The van der Waals surface area contributed by atoms with Crippen molar-refractivity contribution >= 4 is 17.6 Å². The molecule has 2 N–H and O–H groups in total. The van der Waals surface area contributed by atoms with Crippen LogP contribution in [0.2, 0.25) is 0 Å². The molecular weight excluding hydrogens is 264 g/mol. The van der Waals surface area contributed by atoms with Crippen molar-refractivity contribution in [2.45, 2.75) is 26.8 Å². The molecule has 0 aliphatic heterocycles. The van der Waals surface area contributed by atoms with Crippen LogP contribution in [0.3, 0.4) is 0 Å². The number of carbonyl (C=O) groups is 2. The predicted octanol–water partition coefficient (Wildman–Crippen LogP) is 1.82. The van der Waals surface area contributed by atoms with Gasteiger partial charge in [-0.05, 0) is 11.5 Å². The van der Waals surface area contributed by atoms with Gasteiger partial charge in [-0.25, -0.2) is 4.79 Å². The van der Waals surface area contributed by atoms with Gasteiger partial charge in [-0.1, -0.05) is 32.9 Å². The van der Waals surface area contributed by atoms with E-state index in [2.05, 4.69) is 5.32 Å². The van der Waals surface area contributed by atoms with Gasteiger partial charge in [-0.3, -0.25) is 14.9 Å². The van der Waals surface area contributed by atoms with Crippen molar-refractivity contribution in [2.75, 3.05) is 0 Å². The standard InChI is InChI=1S/C13H16N2O5/c1-13(2,3)10(12(17)18)14-11(16)8-6-4-5-7-9(8)15(19)20/h4-7,10H,1-3H3,(H,14,16)(H,17,18)/t10-/m1/s1. The Morgan fingerprint density at radius 3 is 2.30 bits per heavy atom. The van der Waals surface area contributed by atoms with Crippen molar-refractivity contribution in [1.29, 1.82) is 0 Å². The van der Waals surface area contributed by atoms with Crippen molar-refractivity contribution in [1.82, 2.24) is 5.32 Å². The normalized spacial score (nSPS) is 12.6. The fraction of sp³-hybridized carbons (Fsp3) is 0.385. The maximum absolute atomic E-state index is 12.1. The van der Waals surface area contributed by atoms with Crippen molar-refractivity contribution in [3.63, 3.8) is 0 Å². The summed E-state index contributed by atoms with van der Waals surface area (Å²) in [4.78, 5) is 33.4. The van der Waals surface area contributed by atoms with Crippen LogP contribution in [0, 0.1) is 15.5 Å². The van der Waals surface area contributed by atoms with Gasteiger partial charge in [0.25, 0.3) is 11.6 Å². The number of rotatable bonds is 4. The molecule has 0 aliphatic carbocycles. The van der Waals surface area contributed by atoms with Gasteiger partial charge < -0.3 is 10.4 Å². The highest BCUT2D eigenvalue weighted by Gasteiger charge is 2.34. The number of nitrogens with zero attached hydrogens (tertiary/aromatic N) is 1. The summed E-state index contributed by atoms with van der Waals surface area (Å²) in [6, 6.07) is 4.26. The van der Waals surface area contributed by atoms with Crippen LogP contribution in [0.1, 0.15) is 31.1 Å². The maximum atomic E-state index is 12.1. The molecule has 0 bridgehead atoms. The van der Waals surface area contributed by atoms with E-state index >= 15 is 0 Å². The summed E-state index contributed by atoms with van der Waals surface area (Å²) in [7, 11) is 0. The zero-order valence-corrected chi connectivity index (χ0v) is 11.4. The number of carboxylic acid groups (broad SMARTS) is 1. The lowest BCUT2D eigenvalue weighted by atomic mass is 9.86. The van der Waals surface area contributed by atoms with E-state index < -0.39 is 28.3 Å². The molecule has 0 fully saturated rings. The number of hydrogen-bond donors (Lipinski definition) is 2. The summed E-state index contributed by atoms with van der Waals surface area (Å²) in [5, 5.41) is 22.3. The number of nitro benzene ring substituents is 1. The lowest BCUT2D eigenvalue weighted by Gasteiger charge is -2.27. The van der Waals surface area contributed by atoms with Crippen LogP contribution in [0.15, 0.2) is 24.3 Å². The number of benzene rings is 1. The van der Waals surface area contributed by atoms with E-state index in [1.54, 1.807) is 20.8 Å². The average Bonchev–Trinajstić information content (AvgIpc) is 2.33. The van der Waals surface area contributed by atoms with Crippen LogP contribution in [0.25, 0.3) is 0 Å². The van der Waals surface area contributed by atoms with Crippen molar-refractivity contribution < 1.29 is 19.6 Å². The lowest BCUT2D eigenvalue weighted by molar-refractivity contribution is -0.385. The van der Waals surface area contributed by atoms with Gasteiger partial charge in [0.05, 0.1) is 4.92 Å². The van der Waals surface area contributed by atoms with E-state index in [0.717, 1.165) is 0 Å². The fourth-order valence-corrected chi connectivity index (χ4v) is 1.68. The molecule has 1 atom stereocenters. The van der Waals surface area contributed by atoms with E-state index in [9.17, 15) is 19.7 Å². The van der Waals surface area contributed by atoms with Crippen LogP contribution in [0.4, 0.5) is 5.69 Å². The summed E-state index contributed by atoms with van der Waals surface area (Å²) < 4.78 is 0. The molecule has 0 saturated carbocycles. The summed E-state index contributed by atoms with van der Waals surface area (Å²) in [5.41, 5.74) is -1.23. The van der Waals surface area contributed by atoms with Gasteiger partial charge in [0.15, 0.2) is 0 Å². The Hall–Kier alpha value is -2.44. The minimum atomic E-state index is -1.19. The molecule has 0 spiro atoms. The molecule has 0 saturated heterocycles. The van der Waals surface area contributed by atoms with E-state index in [1.807, 2.05) is 0 Å². The summed E-state index contributed by atoms with van der Waals surface area (Å²) in [5.74, 6) is -1.97. The second kappa shape index (κ2) is 5.68. The quantitative estimate of drug-likeness (QED) is 0.645. The Morgan fingerprint density at radius 1 is 1.30 bits per heavy atom. The molecular formula is C13H16N2O5. The molecule has 0 unspecified atom stereocenters. The summed E-state index contributed by atoms with van der Waals surface area (Å²) in [6.07, 6.45) is 0. The molecule has 1 aromatic rings. The van der Waals surface area contributed by atoms with Gasteiger partial charge in [0.1, 0.15) is 11.6 Å². The van der Waals surface area contributed by atoms with Crippen LogP contribution in [-0.2, 0) is 4.79 Å². The summed E-state index contributed by atoms with van der Waals surface area (Å²) in [6.45, 7) is 4.97. The van der Waals surface area contributed by atoms with Gasteiger partial charge in [0.2, 0.25) is 0 Å². The van der Waals surface area contributed by atoms with E-state index in [0.29, 0.717) is 0 Å². The van der Waals surface area contributed by atoms with Gasteiger partial charge in [-0.2, -0.15) is 0 Å². The van der Waals surface area contributed by atoms with E-state index in [4.69, 9.17) is 5.11 Å². The molecule has 0 aliphatic rings. The highest BCUT2D eigenvalue weighted by Crippen LogP contribution is 2.22. The molecule has 7 heteroatoms. The third-order valence-electron chi connectivity index (χ3n) is 2.73. The second-order valence-corrected chi connectivity index (χ2v) is 5.38. The summed E-state index contributed by atoms with van der Waals surface area (Å²) >= 11 is 0. The molecule has 1 rings (SSSR count). The van der Waals surface area contributed by atoms with E-state index in [1.165, 1.54) is 24.3 Å². The smallest absolute Gasteiger partial charge is 0.326 e. The third-order valence-corrected chi connectivity index (χ3v) is 2.73. The molecule has 0 aromatic heterocycles. The Labute approximate surface area is 115 Å². The molecule has 0 heterocycles. The number of amides is 1. The van der Waals surface area contributed by atoms with Gasteiger partial charge >= 0.3 is 5.97 Å². The molecule has 20 heavy (non-hydrogen) atoms. The Balaban J connectivity index is 3.08. The number of para-hydroxylation sites is 1. The highest BCUT2D eigenvalue weighted by molar-refractivity contribution is 6.00. The monoisotopic (exact) mass is 280 g/mol. The van der Waals surface area contributed by atoms with Crippen LogP contribution >= 0.6 is 0 Å². The van der Waals surface area contributed by atoms with Crippen molar-refractivity contribution in [3.8, 4) is 0 Å². The predicted molar refractivity (Wildman–Crippen MR) is 71.4 cm³/mol. The number of aliphatic carboxylic acids is 1. The molecule has 7 nitrogen and oxygen atoms in total. The largest absolute Gasteiger partial charge is 0.480 e. The number of nitro groups is 1. The fourth-order valence-electron chi connectivity index (χ4n) is 1.68.